The van der Waals surface area contributed by atoms with Gasteiger partial charge in [0.15, 0.2) is 5.96 Å². The van der Waals surface area contributed by atoms with E-state index in [4.69, 9.17) is 21.7 Å². The lowest BCUT2D eigenvalue weighted by molar-refractivity contribution is -0.144. The predicted octanol–water partition coefficient (Wildman–Crippen LogP) is -0.210. The Morgan fingerprint density at radius 2 is 1.67 bits per heavy atom. The highest BCUT2D eigenvalue weighted by atomic mass is 16.4. The average Bonchev–Trinajstić information content (AvgIpc) is 2.63. The SMILES string of the molecule is CC(C)[C@H](NC(=O)[C@H](CC(=O)O)NC(=O)C=Cc1ccc(N=C(N)N)cc1)C(=O)O. The Hall–Kier alpha value is -3.89. The topological polar surface area (TPSA) is 197 Å². The summed E-state index contributed by atoms with van der Waals surface area (Å²) >= 11 is 0. The molecule has 0 spiro atoms. The van der Waals surface area contributed by atoms with E-state index >= 15 is 0 Å². The van der Waals surface area contributed by atoms with Crippen LogP contribution in [0.4, 0.5) is 5.69 Å². The molecular weight excluding hydrogens is 394 g/mol. The van der Waals surface area contributed by atoms with Crippen LogP contribution in [0.2, 0.25) is 0 Å². The molecule has 11 heteroatoms. The first kappa shape index (κ1) is 24.1. The molecule has 1 rings (SSSR count). The first-order valence-electron chi connectivity index (χ1n) is 8.92. The number of benzene rings is 1. The maximum absolute atomic E-state index is 12.3. The standard InChI is InChI=1S/C19H25N5O6/c1-10(2)16(18(29)30)24-17(28)13(9-15(26)27)23-14(25)8-5-11-3-6-12(7-4-11)22-19(20)21/h3-8,10,13,16H,9H2,1-2H3,(H,23,25)(H,24,28)(H,26,27)(H,29,30)(H4,20,21,22)/t13-,16-/m0/s1. The van der Waals surface area contributed by atoms with E-state index in [1.807, 2.05) is 0 Å². The van der Waals surface area contributed by atoms with Gasteiger partial charge in [-0.05, 0) is 29.7 Å². The molecule has 0 saturated carbocycles. The van der Waals surface area contributed by atoms with Crippen molar-refractivity contribution in [1.29, 1.82) is 0 Å². The number of nitrogens with two attached hydrogens (primary N) is 2. The second-order valence-corrected chi connectivity index (χ2v) is 6.69. The Kier molecular flexibility index (Phi) is 9.01. The Morgan fingerprint density at radius 3 is 2.13 bits per heavy atom. The number of aliphatic imine (C=N–C) groups is 1. The maximum atomic E-state index is 12.3. The van der Waals surface area contributed by atoms with Crippen LogP contribution in [0.15, 0.2) is 35.3 Å². The summed E-state index contributed by atoms with van der Waals surface area (Å²) in [5.74, 6) is -4.74. The van der Waals surface area contributed by atoms with Crippen molar-refractivity contribution in [3.8, 4) is 0 Å². The van der Waals surface area contributed by atoms with Crippen LogP contribution in [0.3, 0.4) is 0 Å². The first-order chi connectivity index (χ1) is 14.0. The number of aliphatic carboxylic acids is 2. The van der Waals surface area contributed by atoms with Crippen molar-refractivity contribution in [2.75, 3.05) is 0 Å². The van der Waals surface area contributed by atoms with Gasteiger partial charge in [-0.25, -0.2) is 9.79 Å². The van der Waals surface area contributed by atoms with Gasteiger partial charge in [-0.2, -0.15) is 0 Å². The molecule has 0 radical (unpaired) electrons. The molecule has 0 aromatic heterocycles. The molecule has 0 saturated heterocycles. The Morgan fingerprint density at radius 1 is 1.07 bits per heavy atom. The number of nitrogens with zero attached hydrogens (tertiary/aromatic N) is 1. The molecule has 0 aliphatic heterocycles. The minimum atomic E-state index is -1.44. The molecule has 0 aliphatic carbocycles. The third-order valence-corrected chi connectivity index (χ3v) is 3.82. The van der Waals surface area contributed by atoms with Crippen molar-refractivity contribution in [1.82, 2.24) is 10.6 Å². The third kappa shape index (κ3) is 8.42. The number of carbonyl (C=O) groups excluding carboxylic acids is 2. The van der Waals surface area contributed by atoms with E-state index in [0.717, 1.165) is 6.08 Å². The highest BCUT2D eigenvalue weighted by molar-refractivity contribution is 5.97. The lowest BCUT2D eigenvalue weighted by Gasteiger charge is -2.22. The minimum Gasteiger partial charge on any atom is -0.481 e. The molecule has 0 bridgehead atoms. The van der Waals surface area contributed by atoms with Gasteiger partial charge in [0, 0.05) is 6.08 Å². The fourth-order valence-corrected chi connectivity index (χ4v) is 2.35. The normalized spacial score (nSPS) is 12.8. The van der Waals surface area contributed by atoms with Gasteiger partial charge in [-0.15, -0.1) is 0 Å². The van der Waals surface area contributed by atoms with E-state index in [1.165, 1.54) is 6.08 Å². The molecule has 2 atom stereocenters. The van der Waals surface area contributed by atoms with Gasteiger partial charge in [0.05, 0.1) is 12.1 Å². The molecule has 1 aromatic carbocycles. The number of amides is 2. The molecule has 2 amide bonds. The number of rotatable bonds is 10. The molecule has 0 heterocycles. The molecule has 162 valence electrons. The van der Waals surface area contributed by atoms with Crippen molar-refractivity contribution in [2.24, 2.45) is 22.4 Å². The van der Waals surface area contributed by atoms with Crippen molar-refractivity contribution >= 4 is 41.5 Å². The van der Waals surface area contributed by atoms with Gasteiger partial charge >= 0.3 is 11.9 Å². The monoisotopic (exact) mass is 419 g/mol. The number of nitrogens with one attached hydrogen (secondary N) is 2. The van der Waals surface area contributed by atoms with Crippen LogP contribution in [-0.2, 0) is 19.2 Å². The summed E-state index contributed by atoms with van der Waals surface area (Å²) in [6.45, 7) is 3.18. The zero-order valence-electron chi connectivity index (χ0n) is 16.5. The van der Waals surface area contributed by atoms with Crippen LogP contribution >= 0.6 is 0 Å². The zero-order chi connectivity index (χ0) is 22.8. The highest BCUT2D eigenvalue weighted by Gasteiger charge is 2.29. The van der Waals surface area contributed by atoms with Crippen LogP contribution in [0.25, 0.3) is 6.08 Å². The molecule has 0 aliphatic rings. The molecule has 8 N–H and O–H groups in total. The molecule has 0 fully saturated rings. The number of hydrogen-bond donors (Lipinski definition) is 6. The van der Waals surface area contributed by atoms with E-state index in [-0.39, 0.29) is 5.96 Å². The van der Waals surface area contributed by atoms with Crippen LogP contribution in [-0.4, -0.2) is 52.0 Å². The number of carbonyl (C=O) groups is 4. The Bertz CT molecular complexity index is 843. The van der Waals surface area contributed by atoms with Gasteiger partial charge in [-0.3, -0.25) is 14.4 Å². The van der Waals surface area contributed by atoms with Crippen molar-refractivity contribution < 1.29 is 29.4 Å². The molecule has 11 nitrogen and oxygen atoms in total. The fourth-order valence-electron chi connectivity index (χ4n) is 2.35. The second kappa shape index (κ2) is 11.2. The lowest BCUT2D eigenvalue weighted by atomic mass is 10.0. The summed E-state index contributed by atoms with van der Waals surface area (Å²) < 4.78 is 0. The smallest absolute Gasteiger partial charge is 0.326 e. The van der Waals surface area contributed by atoms with Gasteiger partial charge in [0.25, 0.3) is 0 Å². The molecule has 0 unspecified atom stereocenters. The lowest BCUT2D eigenvalue weighted by Crippen LogP contribution is -2.53. The maximum Gasteiger partial charge on any atom is 0.326 e. The van der Waals surface area contributed by atoms with Gasteiger partial charge in [-0.1, -0.05) is 26.0 Å². The minimum absolute atomic E-state index is 0.0944. The van der Waals surface area contributed by atoms with E-state index in [9.17, 15) is 19.2 Å². The third-order valence-electron chi connectivity index (χ3n) is 3.82. The molecule has 1 aromatic rings. The van der Waals surface area contributed by atoms with E-state index in [1.54, 1.807) is 38.1 Å². The van der Waals surface area contributed by atoms with Crippen molar-refractivity contribution in [3.63, 3.8) is 0 Å². The van der Waals surface area contributed by atoms with Crippen LogP contribution in [0, 0.1) is 5.92 Å². The van der Waals surface area contributed by atoms with Crippen LogP contribution in [0.5, 0.6) is 0 Å². The summed E-state index contributed by atoms with van der Waals surface area (Å²) in [4.78, 5) is 50.6. The van der Waals surface area contributed by atoms with E-state index < -0.39 is 48.2 Å². The largest absolute Gasteiger partial charge is 0.481 e. The summed E-state index contributed by atoms with van der Waals surface area (Å²) in [6, 6.07) is 3.88. The van der Waals surface area contributed by atoms with E-state index in [0.29, 0.717) is 11.3 Å². The first-order valence-corrected chi connectivity index (χ1v) is 8.92. The highest BCUT2D eigenvalue weighted by Crippen LogP contribution is 2.13. The van der Waals surface area contributed by atoms with Gasteiger partial charge < -0.3 is 32.3 Å². The van der Waals surface area contributed by atoms with Gasteiger partial charge in [0.2, 0.25) is 11.8 Å². The number of hydrogen-bond acceptors (Lipinski definition) is 5. The summed E-state index contributed by atoms with van der Waals surface area (Å²) in [5, 5.41) is 22.7. The number of carboxylic acid groups (broad SMARTS) is 2. The summed E-state index contributed by atoms with van der Waals surface area (Å²) in [6.07, 6.45) is 1.86. The number of carboxylic acids is 2. The molecule has 30 heavy (non-hydrogen) atoms. The summed E-state index contributed by atoms with van der Waals surface area (Å²) in [5.41, 5.74) is 11.7. The second-order valence-electron chi connectivity index (χ2n) is 6.69. The number of guanidine groups is 1. The Labute approximate surface area is 172 Å². The van der Waals surface area contributed by atoms with Crippen LogP contribution < -0.4 is 22.1 Å². The van der Waals surface area contributed by atoms with E-state index in [2.05, 4.69) is 15.6 Å². The van der Waals surface area contributed by atoms with Crippen molar-refractivity contribution in [3.05, 3.63) is 35.9 Å². The van der Waals surface area contributed by atoms with Crippen LogP contribution in [0.1, 0.15) is 25.8 Å². The fraction of sp³-hybridized carbons (Fsp3) is 0.316. The average molecular weight is 419 g/mol. The van der Waals surface area contributed by atoms with Gasteiger partial charge in [0.1, 0.15) is 12.1 Å². The molecular formula is C19H25N5O6. The Balaban J connectivity index is 2.84. The predicted molar refractivity (Wildman–Crippen MR) is 110 cm³/mol. The quantitative estimate of drug-likeness (QED) is 0.170. The zero-order valence-corrected chi connectivity index (χ0v) is 16.5. The summed E-state index contributed by atoms with van der Waals surface area (Å²) in [7, 11) is 0. The van der Waals surface area contributed by atoms with Crippen molar-refractivity contribution in [2.45, 2.75) is 32.4 Å².